The van der Waals surface area contributed by atoms with Crippen molar-refractivity contribution in [1.82, 2.24) is 5.32 Å². The molecule has 5 nitrogen and oxygen atoms in total. The van der Waals surface area contributed by atoms with Gasteiger partial charge in [0, 0.05) is 0 Å². The number of alkyl carbamates (subject to hydrolysis) is 1. The van der Waals surface area contributed by atoms with Gasteiger partial charge in [0.25, 0.3) is 0 Å². The van der Waals surface area contributed by atoms with E-state index in [4.69, 9.17) is 5.11 Å². The minimum atomic E-state index is -1.00. The van der Waals surface area contributed by atoms with Crippen LogP contribution in [0, 0.1) is 0 Å². The summed E-state index contributed by atoms with van der Waals surface area (Å²) in [6.07, 6.45) is 7.28. The Balaban J connectivity index is 4.35. The summed E-state index contributed by atoms with van der Waals surface area (Å²) in [5.74, 6) is -1.00. The Morgan fingerprint density at radius 2 is 2.12 bits per heavy atom. The number of carbonyl (C=O) groups is 2. The van der Waals surface area contributed by atoms with Crippen molar-refractivity contribution in [1.29, 1.82) is 0 Å². The van der Waals surface area contributed by atoms with Gasteiger partial charge < -0.3 is 15.2 Å². The molecule has 1 atom stereocenters. The van der Waals surface area contributed by atoms with Crippen molar-refractivity contribution in [3.05, 3.63) is 37.0 Å². The fourth-order valence-electron chi connectivity index (χ4n) is 0.907. The lowest BCUT2D eigenvalue weighted by molar-refractivity contribution is -0.137. The first kappa shape index (κ1) is 14.0. The van der Waals surface area contributed by atoms with E-state index in [9.17, 15) is 9.59 Å². The zero-order valence-corrected chi connectivity index (χ0v) is 9.05. The van der Waals surface area contributed by atoms with Gasteiger partial charge >= 0.3 is 12.1 Å². The number of carbonyl (C=O) groups excluding carboxylic acids is 1. The number of nitrogens with one attached hydrogen (secondary N) is 1. The Morgan fingerprint density at radius 1 is 1.44 bits per heavy atom. The molecule has 0 aliphatic heterocycles. The Hall–Kier alpha value is -2.04. The zero-order chi connectivity index (χ0) is 12.4. The normalized spacial score (nSPS) is 12.6. The van der Waals surface area contributed by atoms with Crippen molar-refractivity contribution in [2.45, 2.75) is 12.5 Å². The van der Waals surface area contributed by atoms with Crippen molar-refractivity contribution < 1.29 is 19.4 Å². The van der Waals surface area contributed by atoms with Crippen molar-refractivity contribution in [2.24, 2.45) is 0 Å². The average molecular weight is 225 g/mol. The maximum absolute atomic E-state index is 10.9. The van der Waals surface area contributed by atoms with Crippen molar-refractivity contribution in [3.63, 3.8) is 0 Å². The summed E-state index contributed by atoms with van der Waals surface area (Å²) in [5.41, 5.74) is 0. The van der Waals surface area contributed by atoms with Crippen molar-refractivity contribution >= 4 is 12.1 Å². The Morgan fingerprint density at radius 3 is 2.62 bits per heavy atom. The van der Waals surface area contributed by atoms with Gasteiger partial charge in [-0.2, -0.15) is 0 Å². The van der Waals surface area contributed by atoms with Crippen LogP contribution >= 0.6 is 0 Å². The number of methoxy groups -OCH3 is 1. The molecule has 0 aliphatic rings. The maximum atomic E-state index is 10.9. The molecule has 0 aromatic heterocycles. The van der Waals surface area contributed by atoms with Crippen LogP contribution in [0.15, 0.2) is 37.0 Å². The SMILES string of the molecule is C=C/C=C\C=C\C(CC(=O)O)NC(=O)OC. The van der Waals surface area contributed by atoms with Gasteiger partial charge in [-0.25, -0.2) is 4.79 Å². The van der Waals surface area contributed by atoms with Crippen LogP contribution in [0.25, 0.3) is 0 Å². The number of hydrogen-bond acceptors (Lipinski definition) is 3. The summed E-state index contributed by atoms with van der Waals surface area (Å²) in [4.78, 5) is 21.4. The average Bonchev–Trinajstić information content (AvgIpc) is 2.23. The molecule has 88 valence electrons. The Kier molecular flexibility index (Phi) is 7.23. The molecule has 5 heteroatoms. The first-order valence-electron chi connectivity index (χ1n) is 4.62. The van der Waals surface area contributed by atoms with Gasteiger partial charge in [0.1, 0.15) is 0 Å². The van der Waals surface area contributed by atoms with E-state index in [0.29, 0.717) is 0 Å². The topological polar surface area (TPSA) is 75.6 Å². The molecule has 0 radical (unpaired) electrons. The van der Waals surface area contributed by atoms with E-state index >= 15 is 0 Å². The van der Waals surface area contributed by atoms with E-state index in [1.807, 2.05) is 0 Å². The van der Waals surface area contributed by atoms with Gasteiger partial charge in [0.2, 0.25) is 0 Å². The summed E-state index contributed by atoms with van der Waals surface area (Å²) < 4.78 is 4.38. The van der Waals surface area contributed by atoms with Crippen LogP contribution in [-0.2, 0) is 9.53 Å². The number of aliphatic carboxylic acids is 1. The first-order chi connectivity index (χ1) is 7.60. The van der Waals surface area contributed by atoms with Crippen LogP contribution in [-0.4, -0.2) is 30.3 Å². The highest BCUT2D eigenvalue weighted by Gasteiger charge is 2.12. The number of allylic oxidation sites excluding steroid dienone is 4. The van der Waals surface area contributed by atoms with Crippen LogP contribution in [0.3, 0.4) is 0 Å². The fourth-order valence-corrected chi connectivity index (χ4v) is 0.907. The summed E-state index contributed by atoms with van der Waals surface area (Å²) in [5, 5.41) is 11.0. The molecule has 2 N–H and O–H groups in total. The third-order valence-electron chi connectivity index (χ3n) is 1.58. The van der Waals surface area contributed by atoms with Gasteiger partial charge in [-0.3, -0.25) is 4.79 Å². The van der Waals surface area contributed by atoms with Gasteiger partial charge in [0.15, 0.2) is 0 Å². The molecule has 0 bridgehead atoms. The molecule has 0 saturated carbocycles. The summed E-state index contributed by atoms with van der Waals surface area (Å²) >= 11 is 0. The highest BCUT2D eigenvalue weighted by atomic mass is 16.5. The molecule has 0 saturated heterocycles. The second-order valence-electron chi connectivity index (χ2n) is 2.85. The van der Waals surface area contributed by atoms with E-state index in [1.165, 1.54) is 7.11 Å². The molecule has 1 amide bonds. The minimum Gasteiger partial charge on any atom is -0.481 e. The monoisotopic (exact) mass is 225 g/mol. The molecule has 16 heavy (non-hydrogen) atoms. The third kappa shape index (κ3) is 7.37. The molecule has 0 rings (SSSR count). The van der Waals surface area contributed by atoms with Crippen LogP contribution < -0.4 is 5.32 Å². The summed E-state index contributed by atoms with van der Waals surface area (Å²) in [6.45, 7) is 3.48. The number of amides is 1. The molecule has 0 aliphatic carbocycles. The molecule has 1 unspecified atom stereocenters. The molecular formula is C11H15NO4. The Labute approximate surface area is 94.1 Å². The highest BCUT2D eigenvalue weighted by molar-refractivity contribution is 5.71. The number of ether oxygens (including phenoxy) is 1. The second-order valence-corrected chi connectivity index (χ2v) is 2.85. The van der Waals surface area contributed by atoms with E-state index in [1.54, 1.807) is 30.4 Å². The first-order valence-corrected chi connectivity index (χ1v) is 4.62. The van der Waals surface area contributed by atoms with Crippen LogP contribution in [0.4, 0.5) is 4.79 Å². The molecule has 0 heterocycles. The zero-order valence-electron chi connectivity index (χ0n) is 9.05. The lowest BCUT2D eigenvalue weighted by Gasteiger charge is -2.11. The van der Waals surface area contributed by atoms with E-state index in [0.717, 1.165) is 0 Å². The maximum Gasteiger partial charge on any atom is 0.407 e. The lowest BCUT2D eigenvalue weighted by atomic mass is 10.2. The van der Waals surface area contributed by atoms with E-state index in [-0.39, 0.29) is 6.42 Å². The van der Waals surface area contributed by atoms with Gasteiger partial charge in [0.05, 0.1) is 19.6 Å². The summed E-state index contributed by atoms with van der Waals surface area (Å²) in [7, 11) is 1.22. The van der Waals surface area contributed by atoms with Crippen molar-refractivity contribution in [3.8, 4) is 0 Å². The number of carboxylic acid groups (broad SMARTS) is 1. The smallest absolute Gasteiger partial charge is 0.407 e. The molecule has 0 aromatic carbocycles. The standard InChI is InChI=1S/C11H15NO4/c1-3-4-5-6-7-9(8-10(13)14)12-11(15)16-2/h3-7,9H,1,8H2,2H3,(H,12,15)(H,13,14)/b5-4-,7-6+. The number of carboxylic acids is 1. The predicted molar refractivity (Wildman–Crippen MR) is 60.1 cm³/mol. The summed E-state index contributed by atoms with van der Waals surface area (Å²) in [6, 6.07) is -0.598. The lowest BCUT2D eigenvalue weighted by Crippen LogP contribution is -2.34. The van der Waals surface area contributed by atoms with Crippen molar-refractivity contribution in [2.75, 3.05) is 7.11 Å². The quantitative estimate of drug-likeness (QED) is 0.671. The predicted octanol–water partition coefficient (Wildman–Crippen LogP) is 1.48. The third-order valence-corrected chi connectivity index (χ3v) is 1.58. The molecule has 0 fully saturated rings. The largest absolute Gasteiger partial charge is 0.481 e. The minimum absolute atomic E-state index is 0.201. The Bertz CT molecular complexity index is 307. The second kappa shape index (κ2) is 8.28. The van der Waals surface area contributed by atoms with Crippen LogP contribution in [0.1, 0.15) is 6.42 Å². The van der Waals surface area contributed by atoms with Crippen LogP contribution in [0.5, 0.6) is 0 Å². The molecule has 0 spiro atoms. The van der Waals surface area contributed by atoms with Gasteiger partial charge in [-0.15, -0.1) is 0 Å². The molecule has 0 aromatic rings. The fraction of sp³-hybridized carbons (Fsp3) is 0.273. The molecular weight excluding hydrogens is 210 g/mol. The number of hydrogen-bond donors (Lipinski definition) is 2. The highest BCUT2D eigenvalue weighted by Crippen LogP contribution is 1.96. The van der Waals surface area contributed by atoms with E-state index < -0.39 is 18.1 Å². The number of rotatable bonds is 6. The van der Waals surface area contributed by atoms with E-state index in [2.05, 4.69) is 16.6 Å². The van der Waals surface area contributed by atoms with Crippen LogP contribution in [0.2, 0.25) is 0 Å². The van der Waals surface area contributed by atoms with Gasteiger partial charge in [-0.05, 0) is 0 Å². The van der Waals surface area contributed by atoms with Gasteiger partial charge in [-0.1, -0.05) is 37.0 Å².